The minimum Gasteiger partial charge on any atom is -0.756 e. The lowest BCUT2D eigenvalue weighted by Crippen LogP contribution is -2.45. The quantitative estimate of drug-likeness (QED) is 0.0272. The number of likely N-dealkylation sites (N-methyl/N-ethyl adjacent to an activating group) is 1. The van der Waals surface area contributed by atoms with Crippen molar-refractivity contribution in [3.63, 3.8) is 0 Å². The summed E-state index contributed by atoms with van der Waals surface area (Å²) in [4.78, 5) is 25.4. The predicted octanol–water partition coefficient (Wildman–Crippen LogP) is 16.9. The van der Waals surface area contributed by atoms with E-state index in [9.17, 15) is 19.4 Å². The van der Waals surface area contributed by atoms with E-state index >= 15 is 0 Å². The molecule has 0 aromatic rings. The van der Waals surface area contributed by atoms with Crippen LogP contribution in [0.25, 0.3) is 0 Å². The molecule has 0 saturated heterocycles. The number of unbranched alkanes of at least 4 members (excludes halogenated alkanes) is 29. The van der Waals surface area contributed by atoms with Crippen molar-refractivity contribution in [2.24, 2.45) is 0 Å². The molecule has 0 aliphatic carbocycles. The number of phosphoric ester groups is 1. The Hall–Kier alpha value is -2.06. The number of aliphatic hydroxyl groups excluding tert-OH is 1. The van der Waals surface area contributed by atoms with Crippen molar-refractivity contribution in [2.75, 3.05) is 40.9 Å². The Morgan fingerprint density at radius 1 is 0.507 bits per heavy atom. The highest BCUT2D eigenvalue weighted by Gasteiger charge is 2.23. The van der Waals surface area contributed by atoms with Gasteiger partial charge in [-0.2, -0.15) is 0 Å². The summed E-state index contributed by atoms with van der Waals surface area (Å²) in [5.41, 5.74) is 0. The lowest BCUT2D eigenvalue weighted by molar-refractivity contribution is -0.870. The van der Waals surface area contributed by atoms with Gasteiger partial charge in [0, 0.05) is 6.42 Å². The van der Waals surface area contributed by atoms with Gasteiger partial charge in [-0.15, -0.1) is 0 Å². The number of hydrogen-bond acceptors (Lipinski definition) is 6. The predicted molar refractivity (Wildman–Crippen MR) is 297 cm³/mol. The molecule has 0 spiro atoms. The fraction of sp³-hybridized carbons (Fsp3) is 0.783. The number of allylic oxidation sites excluding steroid dienone is 11. The first kappa shape index (κ1) is 66.9. The minimum atomic E-state index is -4.60. The monoisotopic (exact) mass is 987 g/mol. The molecule has 1 amide bonds. The first-order valence-corrected chi connectivity index (χ1v) is 30.3. The highest BCUT2D eigenvalue weighted by Crippen LogP contribution is 2.38. The Labute approximate surface area is 427 Å². The molecule has 402 valence electrons. The Balaban J connectivity index is 3.99. The van der Waals surface area contributed by atoms with E-state index in [0.717, 1.165) is 64.2 Å². The number of nitrogens with one attached hydrogen (secondary N) is 1. The van der Waals surface area contributed by atoms with Gasteiger partial charge in [-0.3, -0.25) is 9.36 Å². The first-order chi connectivity index (χ1) is 33.5. The number of amides is 1. The summed E-state index contributed by atoms with van der Waals surface area (Å²) in [6.45, 7) is 4.56. The lowest BCUT2D eigenvalue weighted by atomic mass is 10.0. The zero-order chi connectivity index (χ0) is 50.6. The number of nitrogens with zero attached hydrogens (tertiary/aromatic N) is 1. The van der Waals surface area contributed by atoms with E-state index in [-0.39, 0.29) is 12.5 Å². The number of carbonyl (C=O) groups excluding carboxylic acids is 1. The van der Waals surface area contributed by atoms with Crippen LogP contribution in [0.15, 0.2) is 72.9 Å². The molecule has 0 aromatic carbocycles. The number of carbonyl (C=O) groups is 1. The molecule has 0 rings (SSSR count). The third-order valence-corrected chi connectivity index (χ3v) is 13.6. The maximum atomic E-state index is 12.9. The molecule has 0 aromatic heterocycles. The van der Waals surface area contributed by atoms with Crippen molar-refractivity contribution < 1.29 is 32.9 Å². The van der Waals surface area contributed by atoms with E-state index in [4.69, 9.17) is 9.05 Å². The summed E-state index contributed by atoms with van der Waals surface area (Å²) >= 11 is 0. The van der Waals surface area contributed by atoms with E-state index in [1.165, 1.54) is 167 Å². The van der Waals surface area contributed by atoms with Gasteiger partial charge >= 0.3 is 0 Å². The molecule has 3 atom stereocenters. The number of rotatable bonds is 52. The van der Waals surface area contributed by atoms with Crippen molar-refractivity contribution >= 4 is 13.7 Å². The number of hydrogen-bond donors (Lipinski definition) is 2. The van der Waals surface area contributed by atoms with E-state index in [1.807, 2.05) is 27.2 Å². The average molecular weight is 988 g/mol. The van der Waals surface area contributed by atoms with Crippen molar-refractivity contribution in [1.29, 1.82) is 0 Å². The zero-order valence-corrected chi connectivity index (χ0v) is 46.6. The molecule has 8 nitrogen and oxygen atoms in total. The van der Waals surface area contributed by atoms with Crippen LogP contribution in [0, 0.1) is 0 Å². The summed E-state index contributed by atoms with van der Waals surface area (Å²) in [5.74, 6) is -0.212. The van der Waals surface area contributed by atoms with E-state index in [0.29, 0.717) is 17.4 Å². The van der Waals surface area contributed by atoms with Gasteiger partial charge in [0.25, 0.3) is 7.82 Å². The molecular formula is C60H111N2O6P. The van der Waals surface area contributed by atoms with Crippen LogP contribution in [-0.4, -0.2) is 68.5 Å². The molecule has 0 saturated carbocycles. The summed E-state index contributed by atoms with van der Waals surface area (Å²) < 4.78 is 23.2. The van der Waals surface area contributed by atoms with Gasteiger partial charge in [0.15, 0.2) is 0 Å². The third-order valence-electron chi connectivity index (χ3n) is 12.6. The molecule has 0 heterocycles. The van der Waals surface area contributed by atoms with Gasteiger partial charge in [-0.25, -0.2) is 0 Å². The SMILES string of the molecule is CCCC/C=C/CC/C=C/CC/C=C/C(O)C(COP(=O)([O-])OCC[N+](C)(C)C)NC(=O)CCCCCCCCCCCCCCCCCCCCCC/C=C\C/C=C\C/C=C\CCCCCCC. The van der Waals surface area contributed by atoms with E-state index < -0.39 is 26.6 Å². The van der Waals surface area contributed by atoms with Crippen molar-refractivity contribution in [1.82, 2.24) is 5.32 Å². The summed E-state index contributed by atoms with van der Waals surface area (Å²) in [7, 11) is 1.23. The molecular weight excluding hydrogens is 876 g/mol. The lowest BCUT2D eigenvalue weighted by Gasteiger charge is -2.29. The van der Waals surface area contributed by atoms with Crippen LogP contribution in [-0.2, 0) is 18.4 Å². The summed E-state index contributed by atoms with van der Waals surface area (Å²) in [6, 6.07) is -0.910. The summed E-state index contributed by atoms with van der Waals surface area (Å²) in [5, 5.41) is 13.8. The second-order valence-electron chi connectivity index (χ2n) is 20.6. The largest absolute Gasteiger partial charge is 0.756 e. The Morgan fingerprint density at radius 3 is 1.32 bits per heavy atom. The second kappa shape index (κ2) is 50.9. The van der Waals surface area contributed by atoms with Crippen molar-refractivity contribution in [3.8, 4) is 0 Å². The maximum absolute atomic E-state index is 12.9. The maximum Gasteiger partial charge on any atom is 0.268 e. The highest BCUT2D eigenvalue weighted by atomic mass is 31.2. The molecule has 0 aliphatic heterocycles. The summed E-state index contributed by atoms with van der Waals surface area (Å²) in [6.07, 6.45) is 70.0. The molecule has 3 unspecified atom stereocenters. The van der Waals surface area contributed by atoms with E-state index in [2.05, 4.69) is 79.9 Å². The van der Waals surface area contributed by atoms with Crippen LogP contribution >= 0.6 is 7.82 Å². The standard InChI is InChI=1S/C60H111N2O6P/c1-6-8-10-12-14-16-18-20-21-22-23-24-25-26-27-28-29-30-31-32-33-34-35-36-37-38-39-40-41-42-44-46-48-50-52-54-60(64)61-58(57-68-69(65,66)67-56-55-62(3,4)5)59(63)53-51-49-47-45-43-19-17-15-13-11-9-7-2/h13,15,18,20,22-23,25-26,43,45,51,53,58-59,63H,6-12,14,16-17,19,21,24,27-42,44,46-50,52,54-57H2,1-5H3,(H-,61,64,65,66)/b15-13+,20-18-,23-22-,26-25-,45-43+,53-51+. The Kier molecular flexibility index (Phi) is 49.3. The van der Waals surface area contributed by atoms with E-state index in [1.54, 1.807) is 6.08 Å². The zero-order valence-electron chi connectivity index (χ0n) is 45.8. The molecule has 0 fully saturated rings. The fourth-order valence-electron chi connectivity index (χ4n) is 8.06. The Morgan fingerprint density at radius 2 is 0.870 bits per heavy atom. The number of quaternary nitrogens is 1. The van der Waals surface area contributed by atoms with Gasteiger partial charge in [0.05, 0.1) is 39.9 Å². The molecule has 0 bridgehead atoms. The Bertz CT molecular complexity index is 1350. The smallest absolute Gasteiger partial charge is 0.268 e. The number of phosphoric acid groups is 1. The van der Waals surface area contributed by atoms with Crippen LogP contribution < -0.4 is 10.2 Å². The van der Waals surface area contributed by atoms with Crippen molar-refractivity contribution in [3.05, 3.63) is 72.9 Å². The molecule has 9 heteroatoms. The van der Waals surface area contributed by atoms with Crippen molar-refractivity contribution in [2.45, 2.75) is 264 Å². The van der Waals surface area contributed by atoms with Gasteiger partial charge in [0.1, 0.15) is 13.2 Å². The molecule has 69 heavy (non-hydrogen) atoms. The fourth-order valence-corrected chi connectivity index (χ4v) is 8.78. The van der Waals surface area contributed by atoms with Crippen LogP contribution in [0.4, 0.5) is 0 Å². The van der Waals surface area contributed by atoms with Crippen LogP contribution in [0.1, 0.15) is 251 Å². The average Bonchev–Trinajstić information content (AvgIpc) is 3.31. The second-order valence-corrected chi connectivity index (χ2v) is 22.0. The highest BCUT2D eigenvalue weighted by molar-refractivity contribution is 7.45. The number of aliphatic hydroxyl groups is 1. The van der Waals surface area contributed by atoms with Crippen LogP contribution in [0.2, 0.25) is 0 Å². The van der Waals surface area contributed by atoms with Gasteiger partial charge in [0.2, 0.25) is 5.91 Å². The topological polar surface area (TPSA) is 108 Å². The van der Waals surface area contributed by atoms with Gasteiger partial charge < -0.3 is 28.8 Å². The minimum absolute atomic E-state index is 0.0103. The first-order valence-electron chi connectivity index (χ1n) is 28.8. The van der Waals surface area contributed by atoms with Gasteiger partial charge in [-0.1, -0.05) is 241 Å². The molecule has 0 aliphatic rings. The third kappa shape index (κ3) is 53.6. The molecule has 0 radical (unpaired) electrons. The molecule has 2 N–H and O–H groups in total. The van der Waals surface area contributed by atoms with Crippen LogP contribution in [0.3, 0.4) is 0 Å². The van der Waals surface area contributed by atoms with Crippen LogP contribution in [0.5, 0.6) is 0 Å². The normalized spacial score (nSPS) is 14.5. The van der Waals surface area contributed by atoms with Gasteiger partial charge in [-0.05, 0) is 77.0 Å².